The standard InChI is InChI=1S/C23H21NO5/c1-14(2)28-18-7-4-16(5-8-18)22-24-20(23(25)29-22)11-15-10-17-6-9-19(26-3)12-21(17)27-13-15/h4-12,14H,13H2,1-3H3/b20-11+. The minimum absolute atomic E-state index is 0.0919. The van der Waals surface area contributed by atoms with Crippen LogP contribution in [-0.4, -0.2) is 31.7 Å². The number of nitrogens with zero attached hydrogens (tertiary/aromatic N) is 1. The molecule has 2 aromatic rings. The summed E-state index contributed by atoms with van der Waals surface area (Å²) in [4.78, 5) is 16.6. The lowest BCUT2D eigenvalue weighted by Crippen LogP contribution is -2.08. The first-order valence-electron chi connectivity index (χ1n) is 9.33. The number of methoxy groups -OCH3 is 1. The molecule has 2 aromatic carbocycles. The SMILES string of the molecule is COc1ccc2c(c1)OCC(/C=C1/N=C(c3ccc(OC(C)C)cc3)OC1=O)=C2. The number of carbonyl (C=O) groups is 1. The van der Waals surface area contributed by atoms with E-state index in [1.807, 2.05) is 62.4 Å². The number of esters is 1. The van der Waals surface area contributed by atoms with Gasteiger partial charge in [0.1, 0.15) is 23.9 Å². The molecule has 0 amide bonds. The highest BCUT2D eigenvalue weighted by molar-refractivity contribution is 6.11. The van der Waals surface area contributed by atoms with E-state index in [4.69, 9.17) is 18.9 Å². The maximum Gasteiger partial charge on any atom is 0.363 e. The molecule has 0 radical (unpaired) electrons. The van der Waals surface area contributed by atoms with Gasteiger partial charge in [-0.3, -0.25) is 0 Å². The summed E-state index contributed by atoms with van der Waals surface area (Å²) >= 11 is 0. The Bertz CT molecular complexity index is 1030. The van der Waals surface area contributed by atoms with Crippen molar-refractivity contribution >= 4 is 17.9 Å². The molecule has 4 rings (SSSR count). The quantitative estimate of drug-likeness (QED) is 0.566. The molecular formula is C23H21NO5. The number of benzene rings is 2. The summed E-state index contributed by atoms with van der Waals surface area (Å²) in [5.41, 5.74) is 2.71. The van der Waals surface area contributed by atoms with Crippen LogP contribution in [0.3, 0.4) is 0 Å². The molecule has 2 aliphatic heterocycles. The molecule has 0 saturated heterocycles. The lowest BCUT2D eigenvalue weighted by atomic mass is 10.1. The molecule has 0 bridgehead atoms. The highest BCUT2D eigenvalue weighted by atomic mass is 16.6. The van der Waals surface area contributed by atoms with E-state index in [0.717, 1.165) is 28.4 Å². The molecule has 0 aromatic heterocycles. The van der Waals surface area contributed by atoms with Gasteiger partial charge in [0.2, 0.25) is 5.90 Å². The van der Waals surface area contributed by atoms with Crippen molar-refractivity contribution in [3.63, 3.8) is 0 Å². The van der Waals surface area contributed by atoms with Crippen LogP contribution in [0, 0.1) is 0 Å². The second-order valence-electron chi connectivity index (χ2n) is 6.94. The van der Waals surface area contributed by atoms with Crippen molar-refractivity contribution in [1.82, 2.24) is 0 Å². The van der Waals surface area contributed by atoms with E-state index < -0.39 is 5.97 Å². The molecule has 6 heteroatoms. The summed E-state index contributed by atoms with van der Waals surface area (Å²) in [6.07, 6.45) is 3.75. The van der Waals surface area contributed by atoms with Crippen molar-refractivity contribution < 1.29 is 23.7 Å². The normalized spacial score (nSPS) is 16.7. The Morgan fingerprint density at radius 2 is 1.86 bits per heavy atom. The molecule has 0 N–H and O–H groups in total. The van der Waals surface area contributed by atoms with E-state index >= 15 is 0 Å². The Kier molecular flexibility index (Phi) is 5.08. The van der Waals surface area contributed by atoms with Crippen LogP contribution in [0.2, 0.25) is 0 Å². The molecule has 148 valence electrons. The number of rotatable bonds is 5. The van der Waals surface area contributed by atoms with Crippen molar-refractivity contribution in [3.8, 4) is 17.2 Å². The van der Waals surface area contributed by atoms with Crippen molar-refractivity contribution in [2.24, 2.45) is 4.99 Å². The fourth-order valence-corrected chi connectivity index (χ4v) is 3.03. The smallest absolute Gasteiger partial charge is 0.363 e. The van der Waals surface area contributed by atoms with Crippen molar-refractivity contribution in [2.75, 3.05) is 13.7 Å². The monoisotopic (exact) mass is 391 g/mol. The van der Waals surface area contributed by atoms with Crippen molar-refractivity contribution in [1.29, 1.82) is 0 Å². The van der Waals surface area contributed by atoms with Gasteiger partial charge in [0.25, 0.3) is 0 Å². The minimum atomic E-state index is -0.482. The van der Waals surface area contributed by atoms with Crippen LogP contribution in [-0.2, 0) is 9.53 Å². The number of ether oxygens (including phenoxy) is 4. The molecule has 29 heavy (non-hydrogen) atoms. The second kappa shape index (κ2) is 7.83. The first-order chi connectivity index (χ1) is 14.0. The van der Waals surface area contributed by atoms with Crippen molar-refractivity contribution in [3.05, 3.63) is 70.9 Å². The Labute approximate surface area is 169 Å². The summed E-state index contributed by atoms with van der Waals surface area (Å²) in [5, 5.41) is 0. The second-order valence-corrected chi connectivity index (χ2v) is 6.94. The first kappa shape index (κ1) is 18.8. The summed E-state index contributed by atoms with van der Waals surface area (Å²) in [6.45, 7) is 4.27. The van der Waals surface area contributed by atoms with Gasteiger partial charge in [-0.15, -0.1) is 0 Å². The molecule has 6 nitrogen and oxygen atoms in total. The van der Waals surface area contributed by atoms with Gasteiger partial charge in [-0.1, -0.05) is 0 Å². The maximum atomic E-state index is 12.3. The summed E-state index contributed by atoms with van der Waals surface area (Å²) in [5.74, 6) is 2.03. The lowest BCUT2D eigenvalue weighted by Gasteiger charge is -2.16. The minimum Gasteiger partial charge on any atom is -0.497 e. The summed E-state index contributed by atoms with van der Waals surface area (Å²) < 4.78 is 22.0. The van der Waals surface area contributed by atoms with Crippen LogP contribution >= 0.6 is 0 Å². The zero-order chi connectivity index (χ0) is 20.4. The molecule has 2 heterocycles. The number of hydrogen-bond donors (Lipinski definition) is 0. The first-order valence-corrected chi connectivity index (χ1v) is 9.33. The fraction of sp³-hybridized carbons (Fsp3) is 0.217. The van der Waals surface area contributed by atoms with Crippen LogP contribution < -0.4 is 14.2 Å². The van der Waals surface area contributed by atoms with Gasteiger partial charge in [-0.05, 0) is 68.0 Å². The van der Waals surface area contributed by atoms with Gasteiger partial charge in [-0.25, -0.2) is 9.79 Å². The Morgan fingerprint density at radius 3 is 2.59 bits per heavy atom. The van der Waals surface area contributed by atoms with Gasteiger partial charge in [0.15, 0.2) is 5.70 Å². The summed E-state index contributed by atoms with van der Waals surface area (Å²) in [7, 11) is 1.61. The van der Waals surface area contributed by atoms with E-state index in [-0.39, 0.29) is 17.7 Å². The molecule has 0 saturated carbocycles. The van der Waals surface area contributed by atoms with Crippen LogP contribution in [0.1, 0.15) is 25.0 Å². The highest BCUT2D eigenvalue weighted by Crippen LogP contribution is 2.31. The number of cyclic esters (lactones) is 1. The van der Waals surface area contributed by atoms with E-state index in [1.54, 1.807) is 13.2 Å². The Hall–Kier alpha value is -3.54. The molecule has 0 atom stereocenters. The third kappa shape index (κ3) is 4.16. The lowest BCUT2D eigenvalue weighted by molar-refractivity contribution is -0.130. The zero-order valence-corrected chi connectivity index (χ0v) is 16.5. The number of carbonyl (C=O) groups excluding carboxylic acids is 1. The average Bonchev–Trinajstić information content (AvgIpc) is 3.08. The molecular weight excluding hydrogens is 370 g/mol. The van der Waals surface area contributed by atoms with Gasteiger partial charge in [0.05, 0.1) is 13.2 Å². The Morgan fingerprint density at radius 1 is 1.10 bits per heavy atom. The van der Waals surface area contributed by atoms with E-state index in [2.05, 4.69) is 4.99 Å². The fourth-order valence-electron chi connectivity index (χ4n) is 3.03. The molecule has 2 aliphatic rings. The predicted molar refractivity (Wildman–Crippen MR) is 109 cm³/mol. The number of fused-ring (bicyclic) bond motifs is 1. The topological polar surface area (TPSA) is 66.3 Å². The van der Waals surface area contributed by atoms with Crippen LogP contribution in [0.15, 0.2) is 64.8 Å². The average molecular weight is 391 g/mol. The number of hydrogen-bond acceptors (Lipinski definition) is 6. The van der Waals surface area contributed by atoms with Gasteiger partial charge < -0.3 is 18.9 Å². The van der Waals surface area contributed by atoms with Gasteiger partial charge >= 0.3 is 5.97 Å². The summed E-state index contributed by atoms with van der Waals surface area (Å²) in [6, 6.07) is 12.9. The van der Waals surface area contributed by atoms with Crippen LogP contribution in [0.4, 0.5) is 0 Å². The van der Waals surface area contributed by atoms with Gasteiger partial charge in [-0.2, -0.15) is 0 Å². The largest absolute Gasteiger partial charge is 0.497 e. The van der Waals surface area contributed by atoms with Crippen LogP contribution in [0.5, 0.6) is 17.2 Å². The van der Waals surface area contributed by atoms with E-state index in [1.165, 1.54) is 0 Å². The van der Waals surface area contributed by atoms with Gasteiger partial charge in [0, 0.05) is 17.2 Å². The molecule has 0 unspecified atom stereocenters. The predicted octanol–water partition coefficient (Wildman–Crippen LogP) is 4.15. The maximum absolute atomic E-state index is 12.3. The molecule has 0 fully saturated rings. The number of aliphatic imine (C=N–C) groups is 1. The van der Waals surface area contributed by atoms with Crippen molar-refractivity contribution in [2.45, 2.75) is 20.0 Å². The molecule has 0 aliphatic carbocycles. The highest BCUT2D eigenvalue weighted by Gasteiger charge is 2.25. The molecule has 0 spiro atoms. The van der Waals surface area contributed by atoms with Crippen LogP contribution in [0.25, 0.3) is 6.08 Å². The zero-order valence-electron chi connectivity index (χ0n) is 16.5. The van der Waals surface area contributed by atoms with E-state index in [9.17, 15) is 4.79 Å². The van der Waals surface area contributed by atoms with E-state index in [0.29, 0.717) is 12.2 Å². The third-order valence-electron chi connectivity index (χ3n) is 4.37. The Balaban J connectivity index is 1.55. The third-order valence-corrected chi connectivity index (χ3v) is 4.37.